The van der Waals surface area contributed by atoms with Gasteiger partial charge in [-0.3, -0.25) is 4.99 Å². The van der Waals surface area contributed by atoms with E-state index in [1.807, 2.05) is 24.3 Å². The summed E-state index contributed by atoms with van der Waals surface area (Å²) in [6.07, 6.45) is 13.0. The lowest BCUT2D eigenvalue weighted by Gasteiger charge is -2.43. The van der Waals surface area contributed by atoms with E-state index in [0.29, 0.717) is 5.92 Å². The van der Waals surface area contributed by atoms with Gasteiger partial charge in [-0.25, -0.2) is 0 Å². The molecular weight excluding hydrogens is 218 g/mol. The second-order valence-electron chi connectivity index (χ2n) is 4.97. The average Bonchev–Trinajstić information content (AvgIpc) is 2.35. The van der Waals surface area contributed by atoms with Crippen molar-refractivity contribution in [2.75, 3.05) is 6.54 Å². The van der Waals surface area contributed by atoms with E-state index < -0.39 is 0 Å². The van der Waals surface area contributed by atoms with Gasteiger partial charge in [0.15, 0.2) is 0 Å². The van der Waals surface area contributed by atoms with Gasteiger partial charge >= 0.3 is 0 Å². The average molecular weight is 243 g/mol. The number of rotatable bonds is 8. The van der Waals surface area contributed by atoms with Crippen LogP contribution in [-0.2, 0) is 0 Å². The third-order valence-electron chi connectivity index (χ3n) is 3.94. The van der Waals surface area contributed by atoms with Gasteiger partial charge in [0, 0.05) is 24.1 Å². The quantitative estimate of drug-likeness (QED) is 0.546. The van der Waals surface area contributed by atoms with Crippen LogP contribution in [0.4, 0.5) is 0 Å². The van der Waals surface area contributed by atoms with Crippen LogP contribution in [0.2, 0.25) is 0 Å². The fourth-order valence-electron chi connectivity index (χ4n) is 3.14. The van der Waals surface area contributed by atoms with Crippen LogP contribution in [0.5, 0.6) is 0 Å². The van der Waals surface area contributed by atoms with Crippen molar-refractivity contribution in [1.29, 1.82) is 0 Å². The van der Waals surface area contributed by atoms with Crippen molar-refractivity contribution in [3.05, 3.63) is 50.6 Å². The lowest BCUT2D eigenvalue weighted by molar-refractivity contribution is 0.233. The molecule has 1 unspecified atom stereocenters. The van der Waals surface area contributed by atoms with Gasteiger partial charge < -0.3 is 0 Å². The van der Waals surface area contributed by atoms with Gasteiger partial charge in [-0.05, 0) is 31.6 Å². The maximum absolute atomic E-state index is 4.76. The van der Waals surface area contributed by atoms with Crippen molar-refractivity contribution in [3.8, 4) is 0 Å². The fourth-order valence-corrected chi connectivity index (χ4v) is 3.14. The van der Waals surface area contributed by atoms with E-state index in [1.165, 1.54) is 5.71 Å². The fraction of sp³-hybridized carbons (Fsp3) is 0.471. The molecule has 0 saturated carbocycles. The Morgan fingerprint density at radius 2 is 1.72 bits per heavy atom. The van der Waals surface area contributed by atoms with E-state index in [1.54, 1.807) is 0 Å². The first-order valence-corrected chi connectivity index (χ1v) is 6.72. The summed E-state index contributed by atoms with van der Waals surface area (Å²) in [4.78, 5) is 4.76. The topological polar surface area (TPSA) is 12.4 Å². The summed E-state index contributed by atoms with van der Waals surface area (Å²) in [6, 6.07) is 0. The normalized spacial score (nSPS) is 21.8. The summed E-state index contributed by atoms with van der Waals surface area (Å²) in [5, 5.41) is 0. The van der Waals surface area contributed by atoms with Crippen LogP contribution in [0.3, 0.4) is 0 Å². The van der Waals surface area contributed by atoms with Crippen molar-refractivity contribution in [3.63, 3.8) is 0 Å². The Bertz CT molecular complexity index is 339. The second-order valence-corrected chi connectivity index (χ2v) is 4.97. The molecule has 0 spiro atoms. The SMILES string of the molecule is C=CCC1=NCCC(CC=C)C1(CC=C)CC=C. The summed E-state index contributed by atoms with van der Waals surface area (Å²) < 4.78 is 0. The Morgan fingerprint density at radius 3 is 2.22 bits per heavy atom. The first kappa shape index (κ1) is 14.7. The van der Waals surface area contributed by atoms with Gasteiger partial charge in [-0.1, -0.05) is 24.3 Å². The number of hydrogen-bond donors (Lipinski definition) is 0. The summed E-state index contributed by atoms with van der Waals surface area (Å²) >= 11 is 0. The molecule has 0 radical (unpaired) electrons. The summed E-state index contributed by atoms with van der Waals surface area (Å²) in [7, 11) is 0. The highest BCUT2D eigenvalue weighted by Gasteiger charge is 2.41. The zero-order chi connectivity index (χ0) is 13.4. The number of hydrogen-bond acceptors (Lipinski definition) is 1. The molecule has 0 N–H and O–H groups in total. The minimum atomic E-state index is 0.0874. The monoisotopic (exact) mass is 243 g/mol. The molecule has 1 atom stereocenters. The van der Waals surface area contributed by atoms with Gasteiger partial charge in [-0.2, -0.15) is 0 Å². The zero-order valence-corrected chi connectivity index (χ0v) is 11.4. The second kappa shape index (κ2) is 7.15. The van der Waals surface area contributed by atoms with Crippen LogP contribution in [0, 0.1) is 11.3 Å². The van der Waals surface area contributed by atoms with Crippen LogP contribution < -0.4 is 0 Å². The van der Waals surface area contributed by atoms with Crippen molar-refractivity contribution in [2.24, 2.45) is 16.3 Å². The van der Waals surface area contributed by atoms with Crippen molar-refractivity contribution >= 4 is 5.71 Å². The first-order valence-electron chi connectivity index (χ1n) is 6.72. The Morgan fingerprint density at radius 1 is 1.06 bits per heavy atom. The molecule has 1 rings (SSSR count). The highest BCUT2D eigenvalue weighted by Crippen LogP contribution is 2.45. The zero-order valence-electron chi connectivity index (χ0n) is 11.4. The van der Waals surface area contributed by atoms with Gasteiger partial charge in [0.25, 0.3) is 0 Å². The highest BCUT2D eigenvalue weighted by molar-refractivity contribution is 5.92. The van der Waals surface area contributed by atoms with Crippen LogP contribution in [0.25, 0.3) is 0 Å². The third kappa shape index (κ3) is 2.90. The van der Waals surface area contributed by atoms with Gasteiger partial charge in [0.05, 0.1) is 0 Å². The summed E-state index contributed by atoms with van der Waals surface area (Å²) in [5.74, 6) is 0.596. The number of allylic oxidation sites excluding steroid dienone is 4. The predicted octanol–water partition coefficient (Wildman–Crippen LogP) is 4.74. The Balaban J connectivity index is 3.16. The molecule has 0 fully saturated rings. The van der Waals surface area contributed by atoms with E-state index in [9.17, 15) is 0 Å². The number of aliphatic imine (C=N–C) groups is 1. The molecule has 0 amide bonds. The van der Waals surface area contributed by atoms with E-state index in [2.05, 4.69) is 26.3 Å². The molecule has 1 aliphatic heterocycles. The van der Waals surface area contributed by atoms with E-state index in [0.717, 1.165) is 38.6 Å². The molecule has 0 aliphatic carbocycles. The molecule has 98 valence electrons. The van der Waals surface area contributed by atoms with Crippen LogP contribution in [0.1, 0.15) is 32.1 Å². The summed E-state index contributed by atoms with van der Waals surface area (Å²) in [6.45, 7) is 16.5. The van der Waals surface area contributed by atoms with Gasteiger partial charge in [0.1, 0.15) is 0 Å². The number of nitrogens with zero attached hydrogens (tertiary/aromatic N) is 1. The summed E-state index contributed by atoms with van der Waals surface area (Å²) in [5.41, 5.74) is 1.36. The molecule has 0 aromatic rings. The highest BCUT2D eigenvalue weighted by atomic mass is 14.8. The van der Waals surface area contributed by atoms with E-state index in [-0.39, 0.29) is 5.41 Å². The van der Waals surface area contributed by atoms with Crippen molar-refractivity contribution < 1.29 is 0 Å². The molecule has 1 aliphatic rings. The minimum Gasteiger partial charge on any atom is -0.293 e. The van der Waals surface area contributed by atoms with E-state index in [4.69, 9.17) is 4.99 Å². The predicted molar refractivity (Wildman–Crippen MR) is 82.1 cm³/mol. The molecule has 1 nitrogen and oxygen atoms in total. The van der Waals surface area contributed by atoms with Crippen LogP contribution >= 0.6 is 0 Å². The largest absolute Gasteiger partial charge is 0.293 e. The first-order chi connectivity index (χ1) is 8.75. The lowest BCUT2D eigenvalue weighted by atomic mass is 9.63. The maximum Gasteiger partial charge on any atom is 0.0392 e. The molecule has 0 aromatic heterocycles. The smallest absolute Gasteiger partial charge is 0.0392 e. The van der Waals surface area contributed by atoms with E-state index >= 15 is 0 Å². The lowest BCUT2D eigenvalue weighted by Crippen LogP contribution is -2.41. The molecule has 1 heterocycles. The van der Waals surface area contributed by atoms with Crippen molar-refractivity contribution in [2.45, 2.75) is 32.1 Å². The molecule has 18 heavy (non-hydrogen) atoms. The van der Waals surface area contributed by atoms with Gasteiger partial charge in [-0.15, -0.1) is 26.3 Å². The molecule has 0 saturated heterocycles. The molecule has 0 bridgehead atoms. The Kier molecular flexibility index (Phi) is 5.84. The Labute approximate surface area is 112 Å². The maximum atomic E-state index is 4.76. The minimum absolute atomic E-state index is 0.0874. The van der Waals surface area contributed by atoms with Gasteiger partial charge in [0.2, 0.25) is 0 Å². The van der Waals surface area contributed by atoms with Crippen LogP contribution in [0.15, 0.2) is 55.6 Å². The molecule has 0 aromatic carbocycles. The Hall–Kier alpha value is -1.37. The molecular formula is C17H25N. The molecule has 1 heteroatoms. The third-order valence-corrected chi connectivity index (χ3v) is 3.94. The van der Waals surface area contributed by atoms with Crippen molar-refractivity contribution in [1.82, 2.24) is 0 Å². The van der Waals surface area contributed by atoms with Crippen LogP contribution in [-0.4, -0.2) is 12.3 Å². The standard InChI is InChI=1S/C17H25N/c1-5-9-15-11-14-18-16(10-6-2)17(15,12-7-3)13-8-4/h5-8,15H,1-4,9-14H2.